The second-order valence-electron chi connectivity index (χ2n) is 7.83. The van der Waals surface area contributed by atoms with Gasteiger partial charge in [0.05, 0.1) is 0 Å². The molecule has 3 amide bonds. The minimum absolute atomic E-state index is 0.0764. The van der Waals surface area contributed by atoms with Crippen LogP contribution in [0.15, 0.2) is 42.5 Å². The first-order valence-corrected chi connectivity index (χ1v) is 9.77. The molecule has 31 heavy (non-hydrogen) atoms. The zero-order valence-corrected chi connectivity index (χ0v) is 17.6. The standard InChI is InChI=1S/C22H25N3O6/c1-22(2,3)31-21(28)23-10-9-19(26)24-15-5-4-6-16(12-15)25-20(27)14-7-8-17-18(11-14)30-13-29-17/h4-8,11-12H,9-10,13H2,1-3H3,(H,23,28)(H,24,26)(H,25,27). The van der Waals surface area contributed by atoms with Gasteiger partial charge in [-0.05, 0) is 57.2 Å². The fourth-order valence-electron chi connectivity index (χ4n) is 2.73. The molecule has 2 aromatic rings. The second-order valence-corrected chi connectivity index (χ2v) is 7.83. The van der Waals surface area contributed by atoms with Crippen LogP contribution >= 0.6 is 0 Å². The van der Waals surface area contributed by atoms with Crippen molar-refractivity contribution in [2.75, 3.05) is 24.0 Å². The van der Waals surface area contributed by atoms with Crippen LogP contribution in [0.25, 0.3) is 0 Å². The van der Waals surface area contributed by atoms with Crippen LogP contribution < -0.4 is 25.4 Å². The number of rotatable bonds is 6. The predicted molar refractivity (Wildman–Crippen MR) is 114 cm³/mol. The summed E-state index contributed by atoms with van der Waals surface area (Å²) in [6, 6.07) is 11.7. The molecule has 1 aliphatic rings. The molecule has 3 rings (SSSR count). The fraction of sp³-hybridized carbons (Fsp3) is 0.318. The number of fused-ring (bicyclic) bond motifs is 1. The van der Waals surface area contributed by atoms with Gasteiger partial charge in [0, 0.05) is 29.9 Å². The number of hydrogen-bond donors (Lipinski definition) is 3. The van der Waals surface area contributed by atoms with Gasteiger partial charge in [-0.25, -0.2) is 4.79 Å². The van der Waals surface area contributed by atoms with Gasteiger partial charge in [0.1, 0.15) is 5.60 Å². The van der Waals surface area contributed by atoms with Gasteiger partial charge in [0.25, 0.3) is 5.91 Å². The third-order valence-electron chi connectivity index (χ3n) is 4.06. The van der Waals surface area contributed by atoms with E-state index >= 15 is 0 Å². The predicted octanol–water partition coefficient (Wildman–Crippen LogP) is 3.52. The number of alkyl carbamates (subject to hydrolysis) is 1. The molecular weight excluding hydrogens is 402 g/mol. The van der Waals surface area contributed by atoms with E-state index in [0.29, 0.717) is 28.4 Å². The molecule has 9 nitrogen and oxygen atoms in total. The summed E-state index contributed by atoms with van der Waals surface area (Å²) >= 11 is 0. The van der Waals surface area contributed by atoms with Gasteiger partial charge in [0.2, 0.25) is 12.7 Å². The van der Waals surface area contributed by atoms with Gasteiger partial charge in [-0.15, -0.1) is 0 Å². The van der Waals surface area contributed by atoms with E-state index in [9.17, 15) is 14.4 Å². The number of benzene rings is 2. The summed E-state index contributed by atoms with van der Waals surface area (Å²) in [5, 5.41) is 8.05. The highest BCUT2D eigenvalue weighted by Crippen LogP contribution is 2.32. The number of ether oxygens (including phenoxy) is 3. The minimum atomic E-state index is -0.599. The fourth-order valence-corrected chi connectivity index (χ4v) is 2.73. The van der Waals surface area contributed by atoms with Crippen LogP contribution in [0.2, 0.25) is 0 Å². The Morgan fingerprint density at radius 3 is 2.42 bits per heavy atom. The SMILES string of the molecule is CC(C)(C)OC(=O)NCCC(=O)Nc1cccc(NC(=O)c2ccc3c(c2)OCO3)c1. The Kier molecular flexibility index (Phi) is 6.64. The van der Waals surface area contributed by atoms with E-state index in [-0.39, 0.29) is 31.6 Å². The van der Waals surface area contributed by atoms with Crippen molar-refractivity contribution in [2.45, 2.75) is 32.8 Å². The molecule has 0 aliphatic carbocycles. The lowest BCUT2D eigenvalue weighted by Crippen LogP contribution is -2.34. The largest absolute Gasteiger partial charge is 0.454 e. The average molecular weight is 427 g/mol. The highest BCUT2D eigenvalue weighted by Gasteiger charge is 2.17. The van der Waals surface area contributed by atoms with Crippen molar-refractivity contribution in [3.8, 4) is 11.5 Å². The van der Waals surface area contributed by atoms with Crippen LogP contribution in [0.1, 0.15) is 37.6 Å². The number of anilines is 2. The molecule has 0 atom stereocenters. The first-order valence-electron chi connectivity index (χ1n) is 9.77. The average Bonchev–Trinajstić information content (AvgIpc) is 3.14. The Bertz CT molecular complexity index is 983. The van der Waals surface area contributed by atoms with Crippen molar-refractivity contribution in [3.05, 3.63) is 48.0 Å². The van der Waals surface area contributed by atoms with E-state index in [0.717, 1.165) is 0 Å². The van der Waals surface area contributed by atoms with Crippen LogP contribution in [0.4, 0.5) is 16.2 Å². The summed E-state index contributed by atoms with van der Waals surface area (Å²) in [7, 11) is 0. The quantitative estimate of drug-likeness (QED) is 0.650. The number of amides is 3. The molecule has 0 unspecified atom stereocenters. The smallest absolute Gasteiger partial charge is 0.407 e. The van der Waals surface area contributed by atoms with E-state index in [1.807, 2.05) is 0 Å². The maximum atomic E-state index is 12.5. The van der Waals surface area contributed by atoms with Gasteiger partial charge in [-0.2, -0.15) is 0 Å². The number of nitrogens with one attached hydrogen (secondary N) is 3. The van der Waals surface area contributed by atoms with Crippen LogP contribution in [0, 0.1) is 0 Å². The van der Waals surface area contributed by atoms with Crippen molar-refractivity contribution >= 4 is 29.3 Å². The molecule has 0 radical (unpaired) electrons. The maximum Gasteiger partial charge on any atom is 0.407 e. The maximum absolute atomic E-state index is 12.5. The lowest BCUT2D eigenvalue weighted by Gasteiger charge is -2.19. The van der Waals surface area contributed by atoms with Crippen LogP contribution in [-0.4, -0.2) is 36.8 Å². The van der Waals surface area contributed by atoms with Crippen LogP contribution in [-0.2, 0) is 9.53 Å². The van der Waals surface area contributed by atoms with Crippen molar-refractivity contribution in [1.29, 1.82) is 0 Å². The van der Waals surface area contributed by atoms with E-state index < -0.39 is 11.7 Å². The summed E-state index contributed by atoms with van der Waals surface area (Å²) in [5.41, 5.74) is 0.864. The highest BCUT2D eigenvalue weighted by atomic mass is 16.7. The molecule has 2 aromatic carbocycles. The van der Waals surface area contributed by atoms with E-state index in [1.54, 1.807) is 63.2 Å². The van der Waals surface area contributed by atoms with E-state index in [1.165, 1.54) is 0 Å². The molecular formula is C22H25N3O6. The van der Waals surface area contributed by atoms with Gasteiger partial charge >= 0.3 is 6.09 Å². The topological polar surface area (TPSA) is 115 Å². The Labute approximate surface area is 180 Å². The molecule has 0 bridgehead atoms. The molecule has 164 valence electrons. The number of hydrogen-bond acceptors (Lipinski definition) is 6. The van der Waals surface area contributed by atoms with Gasteiger partial charge in [-0.1, -0.05) is 6.07 Å². The summed E-state index contributed by atoms with van der Waals surface area (Å²) in [6.07, 6.45) is -0.499. The summed E-state index contributed by atoms with van der Waals surface area (Å²) in [4.78, 5) is 36.2. The number of carbonyl (C=O) groups excluding carboxylic acids is 3. The molecule has 9 heteroatoms. The normalized spacial score (nSPS) is 12.1. The van der Waals surface area contributed by atoms with Crippen molar-refractivity contribution in [3.63, 3.8) is 0 Å². The first kappa shape index (κ1) is 21.9. The minimum Gasteiger partial charge on any atom is -0.454 e. The Morgan fingerprint density at radius 1 is 0.968 bits per heavy atom. The molecule has 1 aliphatic heterocycles. The highest BCUT2D eigenvalue weighted by molar-refractivity contribution is 6.05. The van der Waals surface area contributed by atoms with E-state index in [4.69, 9.17) is 14.2 Å². The lowest BCUT2D eigenvalue weighted by atomic mass is 10.2. The monoisotopic (exact) mass is 427 g/mol. The van der Waals surface area contributed by atoms with Crippen LogP contribution in [0.3, 0.4) is 0 Å². The Morgan fingerprint density at radius 2 is 1.68 bits per heavy atom. The third-order valence-corrected chi connectivity index (χ3v) is 4.06. The van der Waals surface area contributed by atoms with Gasteiger partial charge in [0.15, 0.2) is 11.5 Å². The third kappa shape index (κ3) is 6.63. The Balaban J connectivity index is 1.50. The Hall–Kier alpha value is -3.75. The molecule has 0 saturated heterocycles. The number of carbonyl (C=O) groups is 3. The molecule has 0 spiro atoms. The molecule has 0 fully saturated rings. The molecule has 3 N–H and O–H groups in total. The zero-order valence-electron chi connectivity index (χ0n) is 17.6. The van der Waals surface area contributed by atoms with Gasteiger partial charge < -0.3 is 30.2 Å². The van der Waals surface area contributed by atoms with Crippen molar-refractivity contribution in [1.82, 2.24) is 5.32 Å². The lowest BCUT2D eigenvalue weighted by molar-refractivity contribution is -0.116. The molecule has 0 saturated carbocycles. The van der Waals surface area contributed by atoms with Crippen molar-refractivity contribution < 1.29 is 28.6 Å². The summed E-state index contributed by atoms with van der Waals surface area (Å²) in [6.45, 7) is 5.56. The summed E-state index contributed by atoms with van der Waals surface area (Å²) < 4.78 is 15.6. The van der Waals surface area contributed by atoms with Gasteiger partial charge in [-0.3, -0.25) is 9.59 Å². The summed E-state index contributed by atoms with van der Waals surface area (Å²) in [5.74, 6) is 0.523. The molecule has 0 aromatic heterocycles. The second kappa shape index (κ2) is 9.38. The molecule has 1 heterocycles. The van der Waals surface area contributed by atoms with E-state index in [2.05, 4.69) is 16.0 Å². The van der Waals surface area contributed by atoms with Crippen molar-refractivity contribution in [2.24, 2.45) is 0 Å². The van der Waals surface area contributed by atoms with Crippen LogP contribution in [0.5, 0.6) is 11.5 Å². The first-order chi connectivity index (χ1) is 14.7. The zero-order chi connectivity index (χ0) is 22.4.